The summed E-state index contributed by atoms with van der Waals surface area (Å²) in [6.45, 7) is -2.18. The number of nitrogens with zero attached hydrogens (tertiary/aromatic N) is 6. The molecule has 46 nitrogen and oxygen atoms in total. The van der Waals surface area contributed by atoms with E-state index in [4.69, 9.17) is 28.3 Å². The van der Waals surface area contributed by atoms with Crippen LogP contribution in [0.1, 0.15) is 93.3 Å². The molecule has 12 atom stereocenters. The van der Waals surface area contributed by atoms with Gasteiger partial charge in [0.25, 0.3) is 0 Å². The van der Waals surface area contributed by atoms with Gasteiger partial charge in [0.05, 0.1) is 74.5 Å². The van der Waals surface area contributed by atoms with Gasteiger partial charge in [-0.05, 0) is 69.1 Å². The molecule has 113 heavy (non-hydrogen) atoms. The molecule has 6 heterocycles. The lowest BCUT2D eigenvalue weighted by atomic mass is 10.0. The molecule has 3 aromatic heterocycles. The number of rotatable bonds is 43. The van der Waals surface area contributed by atoms with Crippen LogP contribution in [0.25, 0.3) is 0 Å². The van der Waals surface area contributed by atoms with E-state index in [1.807, 2.05) is 0 Å². The zero-order valence-electron chi connectivity index (χ0n) is 60.4. The van der Waals surface area contributed by atoms with Gasteiger partial charge < -0.3 is 125 Å². The number of H-pyrrole nitrogens is 3. The maximum absolute atomic E-state index is 15.0. The number of carbonyl (C=O) groups excluding carboxylic acids is 14. The first kappa shape index (κ1) is 87.5. The Morgan fingerprint density at radius 1 is 0.540 bits per heavy atom. The van der Waals surface area contributed by atoms with Crippen LogP contribution in [0.5, 0.6) is 5.75 Å². The highest BCUT2D eigenvalue weighted by Gasteiger charge is 2.46. The number of hydrogen-bond donors (Lipinski definition) is 21. The fourth-order valence-corrected chi connectivity index (χ4v) is 13.0. The third-order valence-electron chi connectivity index (χ3n) is 18.1. The summed E-state index contributed by atoms with van der Waals surface area (Å²) < 4.78 is 39.3. The maximum atomic E-state index is 15.0. The van der Waals surface area contributed by atoms with E-state index >= 15 is 4.79 Å². The summed E-state index contributed by atoms with van der Waals surface area (Å²) in [6.07, 6.45) is 4.91. The van der Waals surface area contributed by atoms with Gasteiger partial charge >= 0.3 is 22.4 Å². The molecule has 48 heteroatoms. The molecule has 0 unspecified atom stereocenters. The molecule has 4 aromatic rings. The molecule has 14 amide bonds. The third kappa shape index (κ3) is 26.8. The fraction of sp³-hybridized carbons (Fsp3) is 0.508. The minimum Gasteiger partial charge on any atom is -0.481 e. The van der Waals surface area contributed by atoms with E-state index in [9.17, 15) is 99.5 Å². The molecule has 7 rings (SSSR count). The number of hydrogen-bond acceptors (Lipinski definition) is 25. The van der Waals surface area contributed by atoms with Crippen LogP contribution in [0.3, 0.4) is 0 Å². The zero-order chi connectivity index (χ0) is 82.8. The molecular weight excluding hydrogens is 1520 g/mol. The molecule has 3 saturated heterocycles. The monoisotopic (exact) mass is 1610 g/mol. The van der Waals surface area contributed by atoms with Crippen LogP contribution >= 0.6 is 0 Å². The number of carbonyl (C=O) groups is 16. The lowest BCUT2D eigenvalue weighted by molar-refractivity contribution is -0.148. The van der Waals surface area contributed by atoms with Crippen molar-refractivity contribution in [1.29, 1.82) is 5.41 Å². The Kier molecular flexibility index (Phi) is 32.0. The van der Waals surface area contributed by atoms with Crippen molar-refractivity contribution in [2.75, 3.05) is 39.3 Å². The Hall–Kier alpha value is -12.8. The van der Waals surface area contributed by atoms with Gasteiger partial charge in [0, 0.05) is 70.5 Å². The Morgan fingerprint density at radius 2 is 0.982 bits per heavy atom. The first-order chi connectivity index (χ1) is 53.6. The van der Waals surface area contributed by atoms with Crippen LogP contribution in [0.4, 0.5) is 3.89 Å². The average molecular weight is 1610 g/mol. The van der Waals surface area contributed by atoms with Crippen molar-refractivity contribution >= 4 is 111 Å². The molecule has 0 spiro atoms. The van der Waals surface area contributed by atoms with E-state index in [1.165, 1.54) is 47.4 Å². The highest BCUT2D eigenvalue weighted by Crippen LogP contribution is 2.27. The molecule has 0 radical (unpaired) electrons. The number of benzene rings is 1. The van der Waals surface area contributed by atoms with Crippen molar-refractivity contribution in [2.45, 2.75) is 169 Å². The number of nitrogens with one attached hydrogen (secondary N) is 14. The van der Waals surface area contributed by atoms with Crippen molar-refractivity contribution in [3.05, 3.63) is 84.5 Å². The molecule has 0 saturated carbocycles. The highest BCUT2D eigenvalue weighted by molar-refractivity contribution is 7.81. The molecular formula is C65H89FN24O22S. The summed E-state index contributed by atoms with van der Waals surface area (Å²) >= 11 is 0. The quantitative estimate of drug-likeness (QED) is 0.00847. The molecule has 0 bridgehead atoms. The van der Waals surface area contributed by atoms with Crippen LogP contribution in [0.15, 0.2) is 61.8 Å². The van der Waals surface area contributed by atoms with Gasteiger partial charge in [0.2, 0.25) is 82.7 Å². The van der Waals surface area contributed by atoms with E-state index in [-0.39, 0.29) is 119 Å². The van der Waals surface area contributed by atoms with E-state index in [0.717, 1.165) is 29.2 Å². The molecule has 3 aliphatic heterocycles. The van der Waals surface area contributed by atoms with Crippen LogP contribution in [-0.4, -0.2) is 281 Å². The topological polar surface area (TPSA) is 721 Å². The van der Waals surface area contributed by atoms with Crippen molar-refractivity contribution in [1.82, 2.24) is 97.8 Å². The fourth-order valence-electron chi connectivity index (χ4n) is 12.7. The van der Waals surface area contributed by atoms with Gasteiger partial charge in [0.15, 0.2) is 5.96 Å². The summed E-state index contributed by atoms with van der Waals surface area (Å²) in [7, 11) is -5.45. The summed E-state index contributed by atoms with van der Waals surface area (Å²) in [5, 5.41) is 61.1. The number of amides is 14. The molecule has 3 fully saturated rings. The normalized spacial score (nSPS) is 17.7. The van der Waals surface area contributed by atoms with Gasteiger partial charge in [-0.1, -0.05) is 16.0 Å². The predicted octanol–water partition coefficient (Wildman–Crippen LogP) is -9.42. The molecule has 3 aliphatic rings. The number of carboxylic acids is 2. The van der Waals surface area contributed by atoms with Crippen molar-refractivity contribution < 1.29 is 109 Å². The number of aromatic nitrogens is 6. The van der Waals surface area contributed by atoms with E-state index in [2.05, 4.69) is 87.3 Å². The SMILES string of the molecule is N=C(N)NCCC[C@H](NC(=O)[C@@H]1CCCN1C(=O)[C@@H]1CCCN1C(=O)[C@H](Cc1c[nH]cn1)NC(=O)[C@H](Cc1c[nH]cn1)NC(=O)CNC(=O)[C@@H]1CCCN1C(=O)[C@H](CC(N)=O)NC(=O)[C@H](CO)NC(=O)[C@H](Cc1ccc(OS(=O)(=O)F)cc1)NC(=O)[C@@H](N)CC(=O)O)C(=O)N[C@@H](Cc1c[nH]cn1)C(=O)N[C@@H](CC(N)=O)C(=O)O. The zero-order valence-corrected chi connectivity index (χ0v) is 61.2. The van der Waals surface area contributed by atoms with Crippen molar-refractivity contribution in [3.8, 4) is 5.75 Å². The van der Waals surface area contributed by atoms with E-state index in [1.54, 1.807) is 0 Å². The lowest BCUT2D eigenvalue weighted by Gasteiger charge is -2.33. The Bertz CT molecular complexity index is 4220. The number of likely N-dealkylation sites (tertiary alicyclic amines) is 3. The number of carboxylic acid groups (broad SMARTS) is 2. The lowest BCUT2D eigenvalue weighted by Crippen LogP contribution is -2.60. The van der Waals surface area contributed by atoms with Crippen molar-refractivity contribution in [2.24, 2.45) is 22.9 Å². The number of aliphatic hydroxyl groups is 1. The second-order valence-corrected chi connectivity index (χ2v) is 27.5. The summed E-state index contributed by atoms with van der Waals surface area (Å²) in [5.41, 5.74) is 22.8. The Balaban J connectivity index is 1.01. The standard InChI is InChI=1S/C65H89FN24O22S/c66-113(110,111)112-36-11-9-32(10-12-36)17-39(82-53(97)37(67)21-52(95)96)55(99)87-45(28-91)58(102)85-43(22-49(68)92)62(106)88-14-2-6-46(88)59(103)76-27-51(94)80-40(18-33-24-72-29-77-33)56(100)84-42(20-35-26-74-31-79-35)61(105)90-16-4-8-48(90)63(107)89-15-3-7-47(89)60(104)81-38(5-1-13-75-65(70)71)54(98)83-41(19-34-25-73-30-78-34)57(101)86-44(64(108)109)23-50(69)93/h9-12,24-26,29-31,37-48,91H,1-8,13-23,27-28,67H2,(H2,68,92)(H2,69,93)(H,72,77)(H,73,78)(H,74,79)(H,76,103)(H,80,94)(H,81,104)(H,82,97)(H,83,98)(H,84,100)(H,85,102)(H,86,101)(H,87,99)(H,95,96)(H,108,109)(H4,70,71,75)/t37-,38-,39-,40-,41-,42-,43-,44-,45-,46-,47-,48-/m0/s1. The Labute approximate surface area is 641 Å². The summed E-state index contributed by atoms with van der Waals surface area (Å²) in [6, 6.07) is -14.7. The van der Waals surface area contributed by atoms with Gasteiger partial charge in [-0.15, -0.1) is 0 Å². The van der Waals surface area contributed by atoms with Crippen molar-refractivity contribution in [3.63, 3.8) is 0 Å². The van der Waals surface area contributed by atoms with Crippen LogP contribution in [0, 0.1) is 5.41 Å². The number of nitrogens with two attached hydrogens (primary N) is 4. The van der Waals surface area contributed by atoms with Gasteiger partial charge in [-0.2, -0.15) is 8.42 Å². The number of aromatic amines is 3. The first-order valence-corrected chi connectivity index (χ1v) is 36.6. The van der Waals surface area contributed by atoms with Crippen LogP contribution in [0.2, 0.25) is 0 Å². The number of aliphatic carboxylic acids is 2. The number of halogens is 1. The smallest absolute Gasteiger partial charge is 0.481 e. The molecule has 614 valence electrons. The maximum Gasteiger partial charge on any atom is 0.488 e. The third-order valence-corrected chi connectivity index (χ3v) is 18.5. The number of aliphatic hydroxyl groups excluding tert-OH is 1. The summed E-state index contributed by atoms with van der Waals surface area (Å²) in [4.78, 5) is 241. The molecule has 1 aromatic carbocycles. The molecule has 0 aliphatic carbocycles. The first-order valence-electron chi connectivity index (χ1n) is 35.3. The second kappa shape index (κ2) is 41.3. The highest BCUT2D eigenvalue weighted by atomic mass is 32.3. The number of primary amides is 2. The van der Waals surface area contributed by atoms with Gasteiger partial charge in [-0.3, -0.25) is 77.3 Å². The number of guanidine groups is 1. The second-order valence-electron chi connectivity index (χ2n) is 26.5. The number of imidazole rings is 3. The largest absolute Gasteiger partial charge is 0.488 e. The van der Waals surface area contributed by atoms with Crippen LogP contribution in [-0.2, 0) is 113 Å². The van der Waals surface area contributed by atoms with Crippen LogP contribution < -0.4 is 80.3 Å². The predicted molar refractivity (Wildman–Crippen MR) is 382 cm³/mol. The summed E-state index contributed by atoms with van der Waals surface area (Å²) in [5.74, 6) is -18.1. The Morgan fingerprint density at radius 3 is 1.50 bits per heavy atom. The van der Waals surface area contributed by atoms with Gasteiger partial charge in [-0.25, -0.2) is 19.7 Å². The average Bonchev–Trinajstić information content (AvgIpc) is 1.62. The van der Waals surface area contributed by atoms with E-state index < -0.39 is 228 Å². The minimum atomic E-state index is -5.45. The van der Waals surface area contributed by atoms with Gasteiger partial charge in [0.1, 0.15) is 72.2 Å². The van der Waals surface area contributed by atoms with E-state index in [0.29, 0.717) is 0 Å². The minimum absolute atomic E-state index is 0.0160. The molecule has 25 N–H and O–H groups in total.